The van der Waals surface area contributed by atoms with Crippen LogP contribution in [0.3, 0.4) is 0 Å². The van der Waals surface area contributed by atoms with Gasteiger partial charge in [0.05, 0.1) is 0 Å². The van der Waals surface area contributed by atoms with Crippen molar-refractivity contribution in [1.29, 1.82) is 0 Å². The van der Waals surface area contributed by atoms with E-state index >= 15 is 0 Å². The van der Waals surface area contributed by atoms with Gasteiger partial charge in [-0.1, -0.05) is 326 Å². The standard InChI is InChI=1S/C73H132O6/c1-4-7-10-13-16-19-22-25-28-30-32-33-34-35-36-37-38-39-40-42-43-45-48-51-54-57-60-63-66-72(75)78-69-70(68-77-71(74)65-62-59-56-53-50-47-27-24-21-18-15-12-9-6-3)79-73(76)67-64-61-58-55-52-49-46-44-41-31-29-26-23-20-17-14-11-8-5-2/h8,11,17,20,24,26-27,29,41,44,70H,4-7,9-10,12-16,18-19,21-23,25,28,30-40,42-43,45-69H2,1-3H3/b11-8-,20-17-,27-24-,29-26-,44-41-. The molecule has 0 saturated carbocycles. The van der Waals surface area contributed by atoms with Crippen molar-refractivity contribution < 1.29 is 28.6 Å². The van der Waals surface area contributed by atoms with Crippen LogP contribution in [0.15, 0.2) is 60.8 Å². The van der Waals surface area contributed by atoms with Gasteiger partial charge >= 0.3 is 17.9 Å². The monoisotopic (exact) mass is 1110 g/mol. The Morgan fingerprint density at radius 3 is 0.785 bits per heavy atom. The molecule has 0 N–H and O–H groups in total. The smallest absolute Gasteiger partial charge is 0.306 e. The van der Waals surface area contributed by atoms with Crippen LogP contribution in [0.2, 0.25) is 0 Å². The molecule has 0 aliphatic heterocycles. The number of rotatable bonds is 64. The Bertz CT molecular complexity index is 1410. The van der Waals surface area contributed by atoms with E-state index in [9.17, 15) is 14.4 Å². The van der Waals surface area contributed by atoms with E-state index < -0.39 is 6.10 Å². The predicted molar refractivity (Wildman–Crippen MR) is 344 cm³/mol. The molecule has 0 aromatic rings. The first-order valence-electron chi connectivity index (χ1n) is 34.8. The van der Waals surface area contributed by atoms with E-state index in [0.717, 1.165) is 103 Å². The number of hydrogen-bond acceptors (Lipinski definition) is 6. The molecule has 0 bridgehead atoms. The number of unbranched alkanes of at least 4 members (excludes halogenated alkanes) is 43. The zero-order valence-electron chi connectivity index (χ0n) is 52.9. The Kier molecular flexibility index (Phi) is 65.1. The molecular formula is C73H132O6. The van der Waals surface area contributed by atoms with E-state index in [1.54, 1.807) is 0 Å². The highest BCUT2D eigenvalue weighted by atomic mass is 16.6. The molecular weight excluding hydrogens is 973 g/mol. The maximum absolute atomic E-state index is 12.9. The highest BCUT2D eigenvalue weighted by Gasteiger charge is 2.19. The zero-order chi connectivity index (χ0) is 57.1. The summed E-state index contributed by atoms with van der Waals surface area (Å²) in [6.45, 7) is 6.56. The van der Waals surface area contributed by atoms with Crippen LogP contribution in [-0.2, 0) is 28.6 Å². The van der Waals surface area contributed by atoms with Gasteiger partial charge in [0.15, 0.2) is 6.10 Å². The van der Waals surface area contributed by atoms with Crippen LogP contribution in [-0.4, -0.2) is 37.2 Å². The number of carbonyl (C=O) groups excluding carboxylic acids is 3. The van der Waals surface area contributed by atoms with E-state index in [0.29, 0.717) is 19.3 Å². The van der Waals surface area contributed by atoms with Gasteiger partial charge in [-0.15, -0.1) is 0 Å². The average molecular weight is 1110 g/mol. The largest absolute Gasteiger partial charge is 0.462 e. The number of allylic oxidation sites excluding steroid dienone is 10. The fraction of sp³-hybridized carbons (Fsp3) is 0.822. The van der Waals surface area contributed by atoms with Crippen molar-refractivity contribution in [2.45, 2.75) is 374 Å². The molecule has 6 nitrogen and oxygen atoms in total. The van der Waals surface area contributed by atoms with Crippen molar-refractivity contribution in [3.63, 3.8) is 0 Å². The lowest BCUT2D eigenvalue weighted by Crippen LogP contribution is -2.30. The Hall–Kier alpha value is -2.89. The molecule has 0 aliphatic rings. The fourth-order valence-corrected chi connectivity index (χ4v) is 10.3. The van der Waals surface area contributed by atoms with Gasteiger partial charge in [-0.3, -0.25) is 14.4 Å². The molecule has 1 atom stereocenters. The number of hydrogen-bond donors (Lipinski definition) is 0. The van der Waals surface area contributed by atoms with Gasteiger partial charge in [-0.25, -0.2) is 0 Å². The summed E-state index contributed by atoms with van der Waals surface area (Å²) in [7, 11) is 0. The molecule has 460 valence electrons. The van der Waals surface area contributed by atoms with Crippen molar-refractivity contribution in [1.82, 2.24) is 0 Å². The van der Waals surface area contributed by atoms with Gasteiger partial charge in [0.2, 0.25) is 0 Å². The molecule has 1 unspecified atom stereocenters. The van der Waals surface area contributed by atoms with Crippen molar-refractivity contribution in [2.24, 2.45) is 0 Å². The molecule has 0 fully saturated rings. The third kappa shape index (κ3) is 65.8. The van der Waals surface area contributed by atoms with E-state index in [1.807, 2.05) is 0 Å². The first-order chi connectivity index (χ1) is 39.0. The van der Waals surface area contributed by atoms with Gasteiger partial charge in [0.1, 0.15) is 13.2 Å². The van der Waals surface area contributed by atoms with Crippen molar-refractivity contribution in [2.75, 3.05) is 13.2 Å². The molecule has 0 radical (unpaired) electrons. The number of esters is 3. The lowest BCUT2D eigenvalue weighted by molar-refractivity contribution is -0.167. The first kappa shape index (κ1) is 76.1. The van der Waals surface area contributed by atoms with Gasteiger partial charge in [-0.2, -0.15) is 0 Å². The summed E-state index contributed by atoms with van der Waals surface area (Å²) in [5.74, 6) is -0.881. The van der Waals surface area contributed by atoms with Crippen LogP contribution in [0.25, 0.3) is 0 Å². The average Bonchev–Trinajstić information content (AvgIpc) is 3.45. The van der Waals surface area contributed by atoms with Crippen LogP contribution < -0.4 is 0 Å². The third-order valence-electron chi connectivity index (χ3n) is 15.5. The van der Waals surface area contributed by atoms with Crippen LogP contribution in [0.4, 0.5) is 0 Å². The lowest BCUT2D eigenvalue weighted by atomic mass is 10.0. The quantitative estimate of drug-likeness (QED) is 0.0261. The minimum absolute atomic E-state index is 0.0794. The van der Waals surface area contributed by atoms with Crippen LogP contribution >= 0.6 is 0 Å². The minimum Gasteiger partial charge on any atom is -0.462 e. The molecule has 0 saturated heterocycles. The zero-order valence-corrected chi connectivity index (χ0v) is 52.9. The summed E-state index contributed by atoms with van der Waals surface area (Å²) in [5, 5.41) is 0. The van der Waals surface area contributed by atoms with E-state index in [1.165, 1.54) is 225 Å². The van der Waals surface area contributed by atoms with Gasteiger partial charge in [0.25, 0.3) is 0 Å². The molecule has 0 aromatic heterocycles. The number of ether oxygens (including phenoxy) is 3. The fourth-order valence-electron chi connectivity index (χ4n) is 10.3. The SMILES string of the molecule is CC/C=C\C/C=C\C/C=C\C/C=C\CCCCCCCCC(=O)OC(COC(=O)CCCCCCC/C=C\CCCCCCC)COC(=O)CCCCCCCCCCCCCCCCCCCCCCCCCCCCCC. The molecule has 79 heavy (non-hydrogen) atoms. The second-order valence-electron chi connectivity index (χ2n) is 23.4. The summed E-state index contributed by atoms with van der Waals surface area (Å²) < 4.78 is 17.0. The highest BCUT2D eigenvalue weighted by molar-refractivity contribution is 5.71. The van der Waals surface area contributed by atoms with E-state index in [2.05, 4.69) is 81.5 Å². The van der Waals surface area contributed by atoms with Crippen molar-refractivity contribution in [3.8, 4) is 0 Å². The predicted octanol–water partition coefficient (Wildman–Crippen LogP) is 23.9. The molecule has 0 heterocycles. The van der Waals surface area contributed by atoms with Crippen molar-refractivity contribution in [3.05, 3.63) is 60.8 Å². The normalized spacial score (nSPS) is 12.4. The Balaban J connectivity index is 4.24. The molecule has 0 rings (SSSR count). The number of carbonyl (C=O) groups is 3. The topological polar surface area (TPSA) is 78.9 Å². The maximum Gasteiger partial charge on any atom is 0.306 e. The molecule has 0 aliphatic carbocycles. The Morgan fingerprint density at radius 1 is 0.266 bits per heavy atom. The van der Waals surface area contributed by atoms with Gasteiger partial charge in [-0.05, 0) is 83.5 Å². The summed E-state index contributed by atoms with van der Waals surface area (Å²) in [5.41, 5.74) is 0. The molecule has 0 spiro atoms. The third-order valence-corrected chi connectivity index (χ3v) is 15.5. The Morgan fingerprint density at radius 2 is 0.494 bits per heavy atom. The lowest BCUT2D eigenvalue weighted by Gasteiger charge is -2.18. The van der Waals surface area contributed by atoms with Crippen LogP contribution in [0.5, 0.6) is 0 Å². The van der Waals surface area contributed by atoms with Crippen LogP contribution in [0.1, 0.15) is 367 Å². The summed E-state index contributed by atoms with van der Waals surface area (Å²) in [4.78, 5) is 38.4. The maximum atomic E-state index is 12.9. The Labute approximate surface area is 491 Å². The minimum atomic E-state index is -0.785. The van der Waals surface area contributed by atoms with Crippen molar-refractivity contribution >= 4 is 17.9 Å². The second-order valence-corrected chi connectivity index (χ2v) is 23.4. The van der Waals surface area contributed by atoms with E-state index in [-0.39, 0.29) is 31.1 Å². The summed E-state index contributed by atoms with van der Waals surface area (Å²) in [6, 6.07) is 0. The summed E-state index contributed by atoms with van der Waals surface area (Å²) >= 11 is 0. The summed E-state index contributed by atoms with van der Waals surface area (Å²) in [6.07, 6.45) is 86.8. The van der Waals surface area contributed by atoms with Gasteiger partial charge < -0.3 is 14.2 Å². The molecule has 0 aromatic carbocycles. The highest BCUT2D eigenvalue weighted by Crippen LogP contribution is 2.18. The second kappa shape index (κ2) is 67.6. The van der Waals surface area contributed by atoms with Gasteiger partial charge in [0, 0.05) is 19.3 Å². The first-order valence-corrected chi connectivity index (χ1v) is 34.8. The van der Waals surface area contributed by atoms with Crippen LogP contribution in [0, 0.1) is 0 Å². The molecule has 6 heteroatoms. The van der Waals surface area contributed by atoms with E-state index in [4.69, 9.17) is 14.2 Å². The molecule has 0 amide bonds.